The fourth-order valence-electron chi connectivity index (χ4n) is 5.65. The van der Waals surface area contributed by atoms with Crippen molar-refractivity contribution in [2.75, 3.05) is 53.6 Å². The number of nitrogens with zero attached hydrogens (tertiary/aromatic N) is 4. The number of hydrogen-bond donors (Lipinski definition) is 1. The number of piperidine rings is 1. The Morgan fingerprint density at radius 1 is 1.16 bits per heavy atom. The largest absolute Gasteiger partial charge is 0.494 e. The molecule has 0 bridgehead atoms. The molecule has 3 heterocycles. The van der Waals surface area contributed by atoms with Crippen LogP contribution in [0.3, 0.4) is 0 Å². The van der Waals surface area contributed by atoms with E-state index in [0.29, 0.717) is 56.3 Å². The quantitative estimate of drug-likeness (QED) is 0.465. The summed E-state index contributed by atoms with van der Waals surface area (Å²) in [4.78, 5) is 36.2. The highest BCUT2D eigenvalue weighted by Gasteiger charge is 2.37. The second-order valence-corrected chi connectivity index (χ2v) is 10.7. The maximum Gasteiger partial charge on any atom is 0.290 e. The Balaban J connectivity index is 1.63. The molecule has 9 nitrogen and oxygen atoms in total. The van der Waals surface area contributed by atoms with Crippen LogP contribution in [0.25, 0.3) is 11.0 Å². The minimum atomic E-state index is -0.104. The van der Waals surface area contributed by atoms with Gasteiger partial charge in [-0.2, -0.15) is 0 Å². The molecule has 0 spiro atoms. The van der Waals surface area contributed by atoms with E-state index < -0.39 is 0 Å². The summed E-state index contributed by atoms with van der Waals surface area (Å²) in [6, 6.07) is 5.75. The molecule has 2 aliphatic rings. The van der Waals surface area contributed by atoms with Gasteiger partial charge < -0.3 is 29.2 Å². The van der Waals surface area contributed by atoms with E-state index in [1.165, 1.54) is 0 Å². The van der Waals surface area contributed by atoms with Gasteiger partial charge >= 0.3 is 0 Å². The molecule has 2 aliphatic heterocycles. The maximum atomic E-state index is 14.2. The first kappa shape index (κ1) is 27.4. The lowest BCUT2D eigenvalue weighted by Gasteiger charge is -2.39. The normalized spacial score (nSPS) is 20.1. The zero-order valence-corrected chi connectivity index (χ0v) is 22.9. The minimum Gasteiger partial charge on any atom is -0.494 e. The third-order valence-electron chi connectivity index (χ3n) is 7.49. The van der Waals surface area contributed by atoms with Gasteiger partial charge in [0.1, 0.15) is 11.3 Å². The molecule has 2 fully saturated rings. The number of likely N-dealkylation sites (tertiary alicyclic amines) is 1. The van der Waals surface area contributed by atoms with Crippen molar-refractivity contribution >= 4 is 22.8 Å². The van der Waals surface area contributed by atoms with E-state index in [2.05, 4.69) is 19.2 Å². The highest BCUT2D eigenvalue weighted by molar-refractivity contribution is 5.96. The molecular weight excluding hydrogens is 470 g/mol. The molecule has 2 amide bonds. The van der Waals surface area contributed by atoms with Crippen LogP contribution >= 0.6 is 0 Å². The number of aryl methyl sites for hydroxylation is 1. The summed E-state index contributed by atoms with van der Waals surface area (Å²) in [5.41, 5.74) is 1.60. The van der Waals surface area contributed by atoms with Crippen LogP contribution in [0.2, 0.25) is 0 Å². The number of amides is 2. The molecule has 0 radical (unpaired) electrons. The van der Waals surface area contributed by atoms with Crippen LogP contribution < -0.4 is 10.1 Å². The lowest BCUT2D eigenvalue weighted by atomic mass is 9.92. The van der Waals surface area contributed by atoms with E-state index in [9.17, 15) is 9.59 Å². The Bertz CT molecular complexity index is 1060. The molecule has 1 aromatic heterocycles. The van der Waals surface area contributed by atoms with Gasteiger partial charge in [-0.05, 0) is 50.2 Å². The molecule has 4 rings (SSSR count). The van der Waals surface area contributed by atoms with Crippen molar-refractivity contribution in [1.29, 1.82) is 0 Å². The van der Waals surface area contributed by atoms with Crippen molar-refractivity contribution in [2.24, 2.45) is 11.8 Å². The van der Waals surface area contributed by atoms with Crippen LogP contribution in [0.5, 0.6) is 5.75 Å². The molecule has 0 aliphatic carbocycles. The van der Waals surface area contributed by atoms with E-state index >= 15 is 0 Å². The summed E-state index contributed by atoms with van der Waals surface area (Å²) >= 11 is 0. The Morgan fingerprint density at radius 2 is 1.95 bits per heavy atom. The molecule has 37 heavy (non-hydrogen) atoms. The molecule has 1 aromatic carbocycles. The number of ether oxygens (including phenoxy) is 2. The van der Waals surface area contributed by atoms with Gasteiger partial charge in [-0.1, -0.05) is 19.9 Å². The fourth-order valence-corrected chi connectivity index (χ4v) is 5.65. The van der Waals surface area contributed by atoms with Crippen molar-refractivity contribution in [3.63, 3.8) is 0 Å². The Kier molecular flexibility index (Phi) is 9.43. The van der Waals surface area contributed by atoms with Crippen LogP contribution in [-0.2, 0) is 16.1 Å². The molecule has 2 saturated heterocycles. The number of rotatable bonds is 11. The predicted octanol–water partition coefficient (Wildman–Crippen LogP) is 3.17. The SMILES string of the molecule is COCCCCn1c(C(=O)N(CC(C)C)C2CNC[C@H](C(=O)N3CCCC3)C2)nc2c(OC)cccc21. The summed E-state index contributed by atoms with van der Waals surface area (Å²) in [5.74, 6) is 1.42. The molecule has 1 unspecified atom stereocenters. The average molecular weight is 514 g/mol. The second-order valence-electron chi connectivity index (χ2n) is 10.7. The highest BCUT2D eigenvalue weighted by Crippen LogP contribution is 2.28. The van der Waals surface area contributed by atoms with Gasteiger partial charge in [-0.15, -0.1) is 0 Å². The molecule has 2 aromatic rings. The van der Waals surface area contributed by atoms with Gasteiger partial charge in [-0.25, -0.2) is 4.98 Å². The lowest BCUT2D eigenvalue weighted by molar-refractivity contribution is -0.135. The first-order valence-corrected chi connectivity index (χ1v) is 13.8. The second kappa shape index (κ2) is 12.7. The van der Waals surface area contributed by atoms with Gasteiger partial charge in [0.25, 0.3) is 5.91 Å². The Morgan fingerprint density at radius 3 is 2.65 bits per heavy atom. The van der Waals surface area contributed by atoms with Gasteiger partial charge in [0, 0.05) is 59.0 Å². The summed E-state index contributed by atoms with van der Waals surface area (Å²) in [5, 5.41) is 3.45. The third-order valence-corrected chi connectivity index (χ3v) is 7.49. The molecule has 1 N–H and O–H groups in total. The van der Waals surface area contributed by atoms with Crippen LogP contribution in [0.1, 0.15) is 56.6 Å². The molecular formula is C28H43N5O4. The maximum absolute atomic E-state index is 14.2. The van der Waals surface area contributed by atoms with E-state index in [1.807, 2.05) is 32.6 Å². The lowest BCUT2D eigenvalue weighted by Crippen LogP contribution is -2.55. The monoisotopic (exact) mass is 513 g/mol. The first-order valence-electron chi connectivity index (χ1n) is 13.8. The Hall–Kier alpha value is -2.65. The molecule has 9 heteroatoms. The topological polar surface area (TPSA) is 88.9 Å². The van der Waals surface area contributed by atoms with Gasteiger partial charge in [0.05, 0.1) is 18.5 Å². The number of hydrogen-bond acceptors (Lipinski definition) is 6. The number of methoxy groups -OCH3 is 2. The average Bonchev–Trinajstić information content (AvgIpc) is 3.57. The number of fused-ring (bicyclic) bond motifs is 1. The van der Waals surface area contributed by atoms with Gasteiger partial charge in [-0.3, -0.25) is 9.59 Å². The number of nitrogens with one attached hydrogen (secondary N) is 1. The van der Waals surface area contributed by atoms with E-state index in [4.69, 9.17) is 14.5 Å². The van der Waals surface area contributed by atoms with Crippen LogP contribution in [0.4, 0.5) is 0 Å². The number of carbonyl (C=O) groups excluding carboxylic acids is 2. The van der Waals surface area contributed by atoms with Crippen LogP contribution in [0.15, 0.2) is 18.2 Å². The van der Waals surface area contributed by atoms with Gasteiger partial charge in [0.15, 0.2) is 5.82 Å². The minimum absolute atomic E-state index is 0.0659. The van der Waals surface area contributed by atoms with Crippen molar-refractivity contribution in [1.82, 2.24) is 24.7 Å². The Labute approximate surface area is 220 Å². The zero-order valence-electron chi connectivity index (χ0n) is 22.9. The van der Waals surface area contributed by atoms with Crippen molar-refractivity contribution in [3.8, 4) is 5.75 Å². The van der Waals surface area contributed by atoms with Crippen molar-refractivity contribution in [2.45, 2.75) is 58.5 Å². The van der Waals surface area contributed by atoms with Gasteiger partial charge in [0.2, 0.25) is 5.91 Å². The fraction of sp³-hybridized carbons (Fsp3) is 0.679. The molecule has 204 valence electrons. The molecule has 2 atom stereocenters. The highest BCUT2D eigenvalue weighted by atomic mass is 16.5. The summed E-state index contributed by atoms with van der Waals surface area (Å²) in [6.07, 6.45) is 4.61. The summed E-state index contributed by atoms with van der Waals surface area (Å²) < 4.78 is 12.8. The number of imidazole rings is 1. The standard InChI is InChI=1S/C28H43N5O4/c1-20(2)19-33(22-16-21(17-29-18-22)27(34)31-12-5-6-13-31)28(35)26-30-25-23(10-9-11-24(25)37-4)32(26)14-7-8-15-36-3/h9-11,20-22,29H,5-8,12-19H2,1-4H3/t21-,22?/m1/s1. The predicted molar refractivity (Wildman–Crippen MR) is 144 cm³/mol. The van der Waals surface area contributed by atoms with Crippen LogP contribution in [0, 0.1) is 11.8 Å². The van der Waals surface area contributed by atoms with Crippen molar-refractivity contribution < 1.29 is 19.1 Å². The van der Waals surface area contributed by atoms with E-state index in [-0.39, 0.29) is 29.7 Å². The first-order chi connectivity index (χ1) is 17.9. The number of para-hydroxylation sites is 1. The summed E-state index contributed by atoms with van der Waals surface area (Å²) in [7, 11) is 3.33. The molecule has 0 saturated carbocycles. The number of unbranched alkanes of at least 4 members (excludes halogenated alkanes) is 1. The number of aromatic nitrogens is 2. The third kappa shape index (κ3) is 6.26. The van der Waals surface area contributed by atoms with Crippen molar-refractivity contribution in [3.05, 3.63) is 24.0 Å². The smallest absolute Gasteiger partial charge is 0.290 e. The summed E-state index contributed by atoms with van der Waals surface area (Å²) in [6.45, 7) is 9.26. The van der Waals surface area contributed by atoms with E-state index in [0.717, 1.165) is 44.3 Å². The van der Waals surface area contributed by atoms with E-state index in [1.54, 1.807) is 14.2 Å². The zero-order chi connectivity index (χ0) is 26.4. The number of carbonyl (C=O) groups is 2. The van der Waals surface area contributed by atoms with Crippen LogP contribution in [-0.4, -0.2) is 90.8 Å². The number of benzene rings is 1.